The Morgan fingerprint density at radius 1 is 0.943 bits per heavy atom. The maximum absolute atomic E-state index is 13.0. The lowest BCUT2D eigenvalue weighted by molar-refractivity contribution is -0.384. The molecule has 0 saturated heterocycles. The van der Waals surface area contributed by atoms with Gasteiger partial charge in [0, 0.05) is 43.3 Å². The number of rotatable bonds is 10. The van der Waals surface area contributed by atoms with Crippen LogP contribution in [0.2, 0.25) is 0 Å². The van der Waals surface area contributed by atoms with Gasteiger partial charge in [-0.2, -0.15) is 4.98 Å². The Hall–Kier alpha value is -4.59. The fourth-order valence-electron chi connectivity index (χ4n) is 3.54. The fourth-order valence-corrected chi connectivity index (χ4v) is 3.54. The lowest BCUT2D eigenvalue weighted by Crippen LogP contribution is -2.33. The summed E-state index contributed by atoms with van der Waals surface area (Å²) in [5.74, 6) is 0.522. The zero-order valence-electron chi connectivity index (χ0n) is 19.0. The van der Waals surface area contributed by atoms with Crippen molar-refractivity contribution in [3.8, 4) is 11.4 Å². The molecule has 0 spiro atoms. The molecule has 8 nitrogen and oxygen atoms in total. The van der Waals surface area contributed by atoms with Gasteiger partial charge in [-0.05, 0) is 23.6 Å². The van der Waals surface area contributed by atoms with Gasteiger partial charge in [-0.3, -0.25) is 14.9 Å². The summed E-state index contributed by atoms with van der Waals surface area (Å²) in [7, 11) is 0. The van der Waals surface area contributed by atoms with Crippen LogP contribution in [0.3, 0.4) is 0 Å². The molecule has 0 N–H and O–H groups in total. The number of nitro groups is 1. The van der Waals surface area contributed by atoms with E-state index >= 15 is 0 Å². The lowest BCUT2D eigenvalue weighted by atomic mass is 10.1. The Morgan fingerprint density at radius 2 is 1.66 bits per heavy atom. The zero-order chi connectivity index (χ0) is 24.5. The number of nitro benzene ring substituents is 1. The van der Waals surface area contributed by atoms with E-state index in [2.05, 4.69) is 10.1 Å². The molecule has 0 bridgehead atoms. The largest absolute Gasteiger partial charge is 0.339 e. The molecule has 3 aromatic carbocycles. The molecule has 0 aliphatic heterocycles. The van der Waals surface area contributed by atoms with Gasteiger partial charge in [0.1, 0.15) is 0 Å². The second-order valence-electron chi connectivity index (χ2n) is 7.87. The molecule has 0 unspecified atom stereocenters. The molecule has 0 atom stereocenters. The first-order valence-corrected chi connectivity index (χ1v) is 11.2. The Labute approximate surface area is 202 Å². The van der Waals surface area contributed by atoms with Crippen molar-refractivity contribution in [2.45, 2.75) is 12.8 Å². The van der Waals surface area contributed by atoms with Crippen LogP contribution in [0.25, 0.3) is 17.5 Å². The van der Waals surface area contributed by atoms with E-state index in [-0.39, 0.29) is 17.4 Å². The van der Waals surface area contributed by atoms with E-state index in [1.54, 1.807) is 29.2 Å². The molecule has 1 amide bonds. The highest BCUT2D eigenvalue weighted by Crippen LogP contribution is 2.21. The number of amides is 1. The summed E-state index contributed by atoms with van der Waals surface area (Å²) in [4.78, 5) is 29.7. The number of hydrogen-bond donors (Lipinski definition) is 0. The number of nitrogens with zero attached hydrogens (tertiary/aromatic N) is 4. The van der Waals surface area contributed by atoms with Crippen molar-refractivity contribution in [3.63, 3.8) is 0 Å². The van der Waals surface area contributed by atoms with Gasteiger partial charge in [0.15, 0.2) is 0 Å². The van der Waals surface area contributed by atoms with Crippen LogP contribution in [0, 0.1) is 10.1 Å². The molecule has 0 aliphatic rings. The van der Waals surface area contributed by atoms with Crippen LogP contribution in [0.4, 0.5) is 5.69 Å². The number of aromatic nitrogens is 2. The summed E-state index contributed by atoms with van der Waals surface area (Å²) in [5, 5.41) is 15.0. The number of carbonyl (C=O) groups excluding carboxylic acids is 1. The van der Waals surface area contributed by atoms with Gasteiger partial charge in [0.25, 0.3) is 5.69 Å². The molecule has 0 fully saturated rings. The van der Waals surface area contributed by atoms with E-state index in [0.29, 0.717) is 37.4 Å². The molecule has 0 saturated carbocycles. The predicted octanol–water partition coefficient (Wildman–Crippen LogP) is 4.97. The highest BCUT2D eigenvalue weighted by atomic mass is 16.6. The Balaban J connectivity index is 1.44. The summed E-state index contributed by atoms with van der Waals surface area (Å²) in [6.45, 7) is 0.926. The van der Waals surface area contributed by atoms with Crippen LogP contribution >= 0.6 is 0 Å². The van der Waals surface area contributed by atoms with Crippen molar-refractivity contribution >= 4 is 17.7 Å². The van der Waals surface area contributed by atoms with Crippen LogP contribution < -0.4 is 0 Å². The molecule has 176 valence electrons. The molecular weight excluding hydrogens is 444 g/mol. The van der Waals surface area contributed by atoms with Gasteiger partial charge in [0.05, 0.1) is 4.92 Å². The Kier molecular flexibility index (Phi) is 7.75. The molecule has 4 rings (SSSR count). The first kappa shape index (κ1) is 23.6. The Bertz CT molecular complexity index is 1300. The van der Waals surface area contributed by atoms with Crippen molar-refractivity contribution in [1.82, 2.24) is 15.0 Å². The third-order valence-electron chi connectivity index (χ3n) is 5.42. The average Bonchev–Trinajstić information content (AvgIpc) is 3.38. The maximum atomic E-state index is 13.0. The van der Waals surface area contributed by atoms with Crippen LogP contribution in [0.1, 0.15) is 17.0 Å². The lowest BCUT2D eigenvalue weighted by Gasteiger charge is -2.20. The predicted molar refractivity (Wildman–Crippen MR) is 132 cm³/mol. The Morgan fingerprint density at radius 3 is 2.40 bits per heavy atom. The van der Waals surface area contributed by atoms with E-state index in [0.717, 1.165) is 11.1 Å². The third kappa shape index (κ3) is 6.70. The van der Waals surface area contributed by atoms with E-state index in [1.165, 1.54) is 12.1 Å². The zero-order valence-corrected chi connectivity index (χ0v) is 19.0. The second kappa shape index (κ2) is 11.5. The minimum atomic E-state index is -0.469. The summed E-state index contributed by atoms with van der Waals surface area (Å²) in [5.41, 5.74) is 2.54. The van der Waals surface area contributed by atoms with E-state index in [4.69, 9.17) is 4.52 Å². The van der Waals surface area contributed by atoms with Gasteiger partial charge < -0.3 is 9.42 Å². The van der Waals surface area contributed by atoms with Crippen molar-refractivity contribution < 1.29 is 14.2 Å². The van der Waals surface area contributed by atoms with E-state index < -0.39 is 4.92 Å². The summed E-state index contributed by atoms with van der Waals surface area (Å²) in [6, 6.07) is 25.7. The van der Waals surface area contributed by atoms with Crippen molar-refractivity contribution in [1.29, 1.82) is 0 Å². The van der Waals surface area contributed by atoms with Crippen LogP contribution in [0.15, 0.2) is 95.5 Å². The molecule has 0 aliphatic carbocycles. The highest BCUT2D eigenvalue weighted by Gasteiger charge is 2.16. The van der Waals surface area contributed by atoms with Crippen molar-refractivity contribution in [3.05, 3.63) is 118 Å². The first-order chi connectivity index (χ1) is 17.1. The molecular formula is C27H24N4O4. The number of non-ortho nitro benzene ring substituents is 1. The van der Waals surface area contributed by atoms with Gasteiger partial charge in [-0.25, -0.2) is 0 Å². The van der Waals surface area contributed by atoms with Crippen LogP contribution in [-0.2, 0) is 17.6 Å². The van der Waals surface area contributed by atoms with Gasteiger partial charge >= 0.3 is 0 Å². The van der Waals surface area contributed by atoms with Crippen LogP contribution in [-0.4, -0.2) is 39.0 Å². The topological polar surface area (TPSA) is 102 Å². The summed E-state index contributed by atoms with van der Waals surface area (Å²) < 4.78 is 5.35. The van der Waals surface area contributed by atoms with Crippen molar-refractivity contribution in [2.75, 3.05) is 13.1 Å². The minimum Gasteiger partial charge on any atom is -0.339 e. The number of benzene rings is 3. The van der Waals surface area contributed by atoms with E-state index in [9.17, 15) is 14.9 Å². The molecule has 35 heavy (non-hydrogen) atoms. The third-order valence-corrected chi connectivity index (χ3v) is 5.42. The summed E-state index contributed by atoms with van der Waals surface area (Å²) >= 11 is 0. The number of carbonyl (C=O) groups is 1. The SMILES string of the molecule is O=C(/C=C/c1ccccc1)N(CCc1ccccc1)CCc1nc(-c2cccc([N+](=O)[O-])c2)no1. The molecule has 8 heteroatoms. The van der Waals surface area contributed by atoms with Gasteiger partial charge in [-0.15, -0.1) is 0 Å². The maximum Gasteiger partial charge on any atom is 0.270 e. The standard InChI is InChI=1S/C27H24N4O4/c32-26(15-14-21-8-3-1-4-9-21)30(18-16-22-10-5-2-6-11-22)19-17-25-28-27(29-35-25)23-12-7-13-24(20-23)31(33)34/h1-15,20H,16-19H2/b15-14+. The molecule has 0 radical (unpaired) electrons. The minimum absolute atomic E-state index is 0.0447. The quantitative estimate of drug-likeness (QED) is 0.185. The van der Waals surface area contributed by atoms with Crippen molar-refractivity contribution in [2.24, 2.45) is 0 Å². The number of hydrogen-bond acceptors (Lipinski definition) is 6. The smallest absolute Gasteiger partial charge is 0.270 e. The van der Waals surface area contributed by atoms with Gasteiger partial charge in [0.2, 0.25) is 17.6 Å². The molecule has 1 heterocycles. The average molecular weight is 469 g/mol. The van der Waals surface area contributed by atoms with Crippen LogP contribution in [0.5, 0.6) is 0 Å². The van der Waals surface area contributed by atoms with Gasteiger partial charge in [-0.1, -0.05) is 78.0 Å². The normalized spacial score (nSPS) is 11.0. The van der Waals surface area contributed by atoms with E-state index in [1.807, 2.05) is 60.7 Å². The molecule has 4 aromatic rings. The molecule has 1 aromatic heterocycles. The fraction of sp³-hybridized carbons (Fsp3) is 0.148. The second-order valence-corrected chi connectivity index (χ2v) is 7.87. The first-order valence-electron chi connectivity index (χ1n) is 11.2. The monoisotopic (exact) mass is 468 g/mol. The summed E-state index contributed by atoms with van der Waals surface area (Å²) in [6.07, 6.45) is 4.45. The highest BCUT2D eigenvalue weighted by molar-refractivity contribution is 5.91.